The van der Waals surface area contributed by atoms with E-state index < -0.39 is 11.5 Å². The Morgan fingerprint density at radius 1 is 1.07 bits per heavy atom. The largest absolute Gasteiger partial charge is 0.477 e. The Balaban J connectivity index is 1.38. The van der Waals surface area contributed by atoms with Gasteiger partial charge in [0, 0.05) is 31.9 Å². The van der Waals surface area contributed by atoms with Crippen molar-refractivity contribution in [1.82, 2.24) is 18.9 Å². The van der Waals surface area contributed by atoms with Crippen LogP contribution in [0.5, 0.6) is 0 Å². The smallest absolute Gasteiger partial charge is 0.341 e. The lowest BCUT2D eigenvalue weighted by molar-refractivity contribution is 0.0694. The molecule has 0 saturated carbocycles. The van der Waals surface area contributed by atoms with Crippen molar-refractivity contribution in [1.29, 1.82) is 0 Å². The Morgan fingerprint density at radius 2 is 1.80 bits per heavy atom. The Hall–Kier alpha value is -3.45. The number of rotatable bonds is 4. The predicted octanol–water partition coefficient (Wildman–Crippen LogP) is 3.18. The molecule has 1 fully saturated rings. The molecule has 1 saturated heterocycles. The van der Waals surface area contributed by atoms with Crippen LogP contribution in [0.3, 0.4) is 0 Å². The number of imidazole rings is 1. The minimum atomic E-state index is -1.19. The average Bonchev–Trinajstić information content (AvgIpc) is 3.20. The first-order chi connectivity index (χ1) is 14.6. The van der Waals surface area contributed by atoms with Crippen molar-refractivity contribution >= 4 is 22.5 Å². The van der Waals surface area contributed by atoms with Crippen LogP contribution in [0.4, 0.5) is 0 Å². The van der Waals surface area contributed by atoms with Crippen LogP contribution in [-0.2, 0) is 6.54 Å². The summed E-state index contributed by atoms with van der Waals surface area (Å²) in [4.78, 5) is 30.8. The highest BCUT2D eigenvalue weighted by Crippen LogP contribution is 2.27. The minimum absolute atomic E-state index is 0.187. The van der Waals surface area contributed by atoms with E-state index in [1.165, 1.54) is 10.5 Å². The van der Waals surface area contributed by atoms with Gasteiger partial charge in [-0.3, -0.25) is 14.1 Å². The summed E-state index contributed by atoms with van der Waals surface area (Å²) in [7, 11) is 0. The number of piperidine rings is 1. The van der Waals surface area contributed by atoms with Gasteiger partial charge in [-0.05, 0) is 48.7 Å². The van der Waals surface area contributed by atoms with Gasteiger partial charge in [0.05, 0.1) is 22.9 Å². The predicted molar refractivity (Wildman–Crippen MR) is 114 cm³/mol. The molecule has 1 aromatic carbocycles. The normalized spacial score (nSPS) is 15.7. The number of carbonyl (C=O) groups is 1. The van der Waals surface area contributed by atoms with E-state index in [-0.39, 0.29) is 5.56 Å². The zero-order chi connectivity index (χ0) is 20.7. The molecule has 1 N–H and O–H groups in total. The van der Waals surface area contributed by atoms with Gasteiger partial charge in [0.15, 0.2) is 0 Å². The number of hydrogen-bond acceptors (Lipinski definition) is 4. The highest BCUT2D eigenvalue weighted by Gasteiger charge is 2.23. The molecule has 0 bridgehead atoms. The number of aromatic carboxylic acids is 1. The molecule has 152 valence electrons. The maximum Gasteiger partial charge on any atom is 0.341 e. The third-order valence-corrected chi connectivity index (χ3v) is 6.01. The minimum Gasteiger partial charge on any atom is -0.477 e. The maximum atomic E-state index is 12.5. The molecule has 7 nitrogen and oxygen atoms in total. The molecule has 0 radical (unpaired) electrons. The Morgan fingerprint density at radius 3 is 2.60 bits per heavy atom. The SMILES string of the molecule is O=C(O)c1cc(CN2CCC(n3cnc4ccccc43)CC2)c2ccccn2c1=O. The molecule has 0 aliphatic carbocycles. The van der Waals surface area contributed by atoms with Gasteiger partial charge in [0.2, 0.25) is 0 Å². The fourth-order valence-electron chi connectivity index (χ4n) is 4.47. The molecule has 1 aliphatic heterocycles. The Kier molecular flexibility index (Phi) is 4.59. The van der Waals surface area contributed by atoms with Crippen molar-refractivity contribution in [2.24, 2.45) is 0 Å². The molecule has 4 heterocycles. The topological polar surface area (TPSA) is 79.8 Å². The maximum absolute atomic E-state index is 12.5. The zero-order valence-electron chi connectivity index (χ0n) is 16.4. The number of nitrogens with zero attached hydrogens (tertiary/aromatic N) is 4. The van der Waals surface area contributed by atoms with E-state index in [0.29, 0.717) is 12.6 Å². The van der Waals surface area contributed by atoms with Crippen LogP contribution >= 0.6 is 0 Å². The van der Waals surface area contributed by atoms with E-state index in [4.69, 9.17) is 0 Å². The molecule has 4 aromatic rings. The summed E-state index contributed by atoms with van der Waals surface area (Å²) in [5, 5.41) is 9.45. The van der Waals surface area contributed by atoms with E-state index in [1.807, 2.05) is 36.7 Å². The number of benzene rings is 1. The van der Waals surface area contributed by atoms with Gasteiger partial charge < -0.3 is 9.67 Å². The van der Waals surface area contributed by atoms with Crippen molar-refractivity contribution in [3.63, 3.8) is 0 Å². The van der Waals surface area contributed by atoms with Crippen molar-refractivity contribution in [2.75, 3.05) is 13.1 Å². The molecule has 0 spiro atoms. The van der Waals surface area contributed by atoms with Crippen molar-refractivity contribution < 1.29 is 9.90 Å². The van der Waals surface area contributed by atoms with Crippen LogP contribution in [0.1, 0.15) is 34.8 Å². The summed E-state index contributed by atoms with van der Waals surface area (Å²) >= 11 is 0. The number of pyridine rings is 2. The quantitative estimate of drug-likeness (QED) is 0.567. The van der Waals surface area contributed by atoms with Crippen molar-refractivity contribution in [3.8, 4) is 0 Å². The summed E-state index contributed by atoms with van der Waals surface area (Å²) < 4.78 is 3.70. The van der Waals surface area contributed by atoms with Crippen LogP contribution in [0.25, 0.3) is 16.6 Å². The first-order valence-corrected chi connectivity index (χ1v) is 10.1. The molecule has 30 heavy (non-hydrogen) atoms. The summed E-state index contributed by atoms with van der Waals surface area (Å²) in [6, 6.07) is 15.6. The number of carboxylic acids is 1. The van der Waals surface area contributed by atoms with Crippen molar-refractivity contribution in [3.05, 3.63) is 82.5 Å². The summed E-state index contributed by atoms with van der Waals surface area (Å²) in [6.45, 7) is 2.42. The van der Waals surface area contributed by atoms with Crippen LogP contribution in [0.15, 0.2) is 65.8 Å². The molecule has 0 amide bonds. The monoisotopic (exact) mass is 402 g/mol. The molecule has 7 heteroatoms. The summed E-state index contributed by atoms with van der Waals surface area (Å²) in [5.41, 5.74) is 3.12. The summed E-state index contributed by atoms with van der Waals surface area (Å²) in [5.74, 6) is -1.19. The van der Waals surface area contributed by atoms with Crippen molar-refractivity contribution in [2.45, 2.75) is 25.4 Å². The van der Waals surface area contributed by atoms with Crippen LogP contribution in [0.2, 0.25) is 0 Å². The zero-order valence-corrected chi connectivity index (χ0v) is 16.4. The number of hydrogen-bond donors (Lipinski definition) is 1. The Bertz CT molecular complexity index is 1300. The molecule has 3 aromatic heterocycles. The van der Waals surface area contributed by atoms with E-state index in [2.05, 4.69) is 20.5 Å². The van der Waals surface area contributed by atoms with Gasteiger partial charge in [-0.15, -0.1) is 0 Å². The number of aromatic nitrogens is 3. The lowest BCUT2D eigenvalue weighted by Gasteiger charge is -2.33. The summed E-state index contributed by atoms with van der Waals surface area (Å²) in [6.07, 6.45) is 5.55. The lowest BCUT2D eigenvalue weighted by Crippen LogP contribution is -2.34. The second-order valence-corrected chi connectivity index (χ2v) is 7.80. The molecule has 0 unspecified atom stereocenters. The van der Waals surface area contributed by atoms with Gasteiger partial charge >= 0.3 is 5.97 Å². The third-order valence-electron chi connectivity index (χ3n) is 6.01. The van der Waals surface area contributed by atoms with Gasteiger partial charge in [0.25, 0.3) is 5.56 Å². The van der Waals surface area contributed by atoms with E-state index in [1.54, 1.807) is 12.3 Å². The first-order valence-electron chi connectivity index (χ1n) is 10.1. The van der Waals surface area contributed by atoms with Crippen LogP contribution in [-0.4, -0.2) is 43.0 Å². The molecule has 5 rings (SSSR count). The number of fused-ring (bicyclic) bond motifs is 2. The van der Waals surface area contributed by atoms with Gasteiger partial charge in [-0.2, -0.15) is 0 Å². The lowest BCUT2D eigenvalue weighted by atomic mass is 10.0. The molecular formula is C23H22N4O3. The van der Waals surface area contributed by atoms with Crippen LogP contribution in [0, 0.1) is 0 Å². The first kappa shape index (κ1) is 18.6. The van der Waals surface area contributed by atoms with E-state index in [9.17, 15) is 14.7 Å². The van der Waals surface area contributed by atoms with Gasteiger partial charge in [-0.1, -0.05) is 18.2 Å². The second kappa shape index (κ2) is 7.42. The van der Waals surface area contributed by atoms with Gasteiger partial charge in [-0.25, -0.2) is 9.78 Å². The molecule has 0 atom stereocenters. The molecular weight excluding hydrogens is 380 g/mol. The van der Waals surface area contributed by atoms with E-state index >= 15 is 0 Å². The average molecular weight is 402 g/mol. The number of para-hydroxylation sites is 2. The fourth-order valence-corrected chi connectivity index (χ4v) is 4.47. The number of likely N-dealkylation sites (tertiary alicyclic amines) is 1. The Labute approximate surface area is 172 Å². The fraction of sp³-hybridized carbons (Fsp3) is 0.261. The third kappa shape index (κ3) is 3.17. The standard InChI is InChI=1S/C23H22N4O3/c28-22-18(23(29)30)13-16(20-6-3-4-10-26(20)22)14-25-11-8-17(9-12-25)27-15-24-19-5-1-2-7-21(19)27/h1-7,10,13,15,17H,8-9,11-12,14H2,(H,29,30). The second-order valence-electron chi connectivity index (χ2n) is 7.80. The number of carboxylic acid groups (broad SMARTS) is 1. The van der Waals surface area contributed by atoms with E-state index in [0.717, 1.165) is 48.0 Å². The van der Waals surface area contributed by atoms with Gasteiger partial charge in [0.1, 0.15) is 5.56 Å². The molecule has 1 aliphatic rings. The highest BCUT2D eigenvalue weighted by atomic mass is 16.4. The van der Waals surface area contributed by atoms with Crippen LogP contribution < -0.4 is 5.56 Å². The highest BCUT2D eigenvalue weighted by molar-refractivity contribution is 5.88.